The van der Waals surface area contributed by atoms with Crippen molar-refractivity contribution in [2.45, 2.75) is 13.5 Å². The Hall–Kier alpha value is -3.07. The molecule has 9 heteroatoms. The first-order chi connectivity index (χ1) is 12.0. The van der Waals surface area contributed by atoms with E-state index in [1.165, 1.54) is 25.3 Å². The summed E-state index contributed by atoms with van der Waals surface area (Å²) >= 11 is 1.24. The normalized spacial score (nSPS) is 10.6. The first-order valence-corrected chi connectivity index (χ1v) is 8.19. The molecule has 0 aliphatic heterocycles. The van der Waals surface area contributed by atoms with Crippen molar-refractivity contribution in [3.05, 3.63) is 51.4 Å². The van der Waals surface area contributed by atoms with Crippen LogP contribution in [-0.4, -0.2) is 26.6 Å². The predicted octanol–water partition coefficient (Wildman–Crippen LogP) is 1.71. The highest BCUT2D eigenvalue weighted by Gasteiger charge is 2.17. The molecular formula is C16H14N4O4S. The number of aromatic nitrogens is 3. The number of carbonyl (C=O) groups excluding carboxylic acids is 2. The lowest BCUT2D eigenvalue weighted by Gasteiger charge is -2.07. The summed E-state index contributed by atoms with van der Waals surface area (Å²) in [6.45, 7) is 1.32. The van der Waals surface area contributed by atoms with E-state index in [0.29, 0.717) is 21.6 Å². The van der Waals surface area contributed by atoms with Crippen molar-refractivity contribution in [1.82, 2.24) is 14.8 Å². The van der Waals surface area contributed by atoms with Crippen molar-refractivity contribution >= 4 is 39.1 Å². The lowest BCUT2D eigenvalue weighted by Crippen LogP contribution is -2.23. The van der Waals surface area contributed by atoms with Crippen LogP contribution in [0.2, 0.25) is 0 Å². The van der Waals surface area contributed by atoms with Crippen molar-refractivity contribution < 1.29 is 14.3 Å². The lowest BCUT2D eigenvalue weighted by molar-refractivity contribution is -0.114. The van der Waals surface area contributed by atoms with E-state index >= 15 is 0 Å². The summed E-state index contributed by atoms with van der Waals surface area (Å²) in [5.74, 6) is -0.875. The van der Waals surface area contributed by atoms with Gasteiger partial charge in [0.25, 0.3) is 5.56 Å². The quantitative estimate of drug-likeness (QED) is 0.712. The van der Waals surface area contributed by atoms with Crippen molar-refractivity contribution in [3.8, 4) is 0 Å². The molecule has 1 N–H and O–H groups in total. The number of fused-ring (bicyclic) bond motifs is 1. The second kappa shape index (κ2) is 6.81. The van der Waals surface area contributed by atoms with Gasteiger partial charge in [0.05, 0.1) is 11.1 Å². The van der Waals surface area contributed by atoms with Gasteiger partial charge in [0.1, 0.15) is 6.61 Å². The minimum absolute atomic E-state index is 0.0617. The second-order valence-electron chi connectivity index (χ2n) is 5.22. The van der Waals surface area contributed by atoms with Gasteiger partial charge in [-0.2, -0.15) is 5.10 Å². The molecule has 128 valence electrons. The molecule has 0 spiro atoms. The molecule has 0 bridgehead atoms. The van der Waals surface area contributed by atoms with Crippen LogP contribution in [0.5, 0.6) is 0 Å². The van der Waals surface area contributed by atoms with Crippen LogP contribution in [0.4, 0.5) is 5.13 Å². The largest absolute Gasteiger partial charge is 0.454 e. The number of amides is 1. The van der Waals surface area contributed by atoms with Crippen molar-refractivity contribution in [1.29, 1.82) is 0 Å². The highest BCUT2D eigenvalue weighted by Crippen LogP contribution is 2.18. The Bertz CT molecular complexity index is 1020. The van der Waals surface area contributed by atoms with Gasteiger partial charge in [0, 0.05) is 24.7 Å². The average molecular weight is 358 g/mol. The number of esters is 1. The third-order valence-electron chi connectivity index (χ3n) is 3.34. The number of rotatable bonds is 4. The molecule has 1 aromatic carbocycles. The number of ether oxygens (including phenoxy) is 1. The van der Waals surface area contributed by atoms with Crippen molar-refractivity contribution in [3.63, 3.8) is 0 Å². The fourth-order valence-corrected chi connectivity index (χ4v) is 2.98. The average Bonchev–Trinajstić information content (AvgIpc) is 3.02. The van der Waals surface area contributed by atoms with E-state index in [9.17, 15) is 14.4 Å². The van der Waals surface area contributed by atoms with Gasteiger partial charge in [0.2, 0.25) is 5.91 Å². The molecule has 0 saturated heterocycles. The molecule has 0 unspecified atom stereocenters. The van der Waals surface area contributed by atoms with Crippen LogP contribution in [0, 0.1) is 0 Å². The fraction of sp³-hybridized carbons (Fsp3) is 0.188. The smallest absolute Gasteiger partial charge is 0.359 e. The highest BCUT2D eigenvalue weighted by atomic mass is 32.1. The minimum atomic E-state index is -0.652. The third kappa shape index (κ3) is 3.56. The van der Waals surface area contributed by atoms with E-state index in [2.05, 4.69) is 15.4 Å². The molecule has 0 radical (unpaired) electrons. The number of thiazole rings is 1. The molecule has 0 aliphatic carbocycles. The molecule has 1 amide bonds. The van der Waals surface area contributed by atoms with Crippen LogP contribution in [-0.2, 0) is 23.2 Å². The third-order valence-corrected chi connectivity index (χ3v) is 4.14. The number of anilines is 1. The summed E-state index contributed by atoms with van der Waals surface area (Å²) in [6, 6.07) is 6.73. The highest BCUT2D eigenvalue weighted by molar-refractivity contribution is 7.13. The number of hydrogen-bond donors (Lipinski definition) is 1. The molecule has 0 fully saturated rings. The molecule has 3 aromatic rings. The topological polar surface area (TPSA) is 103 Å². The minimum Gasteiger partial charge on any atom is -0.454 e. The summed E-state index contributed by atoms with van der Waals surface area (Å²) in [4.78, 5) is 39.6. The lowest BCUT2D eigenvalue weighted by atomic mass is 10.1. The Morgan fingerprint density at radius 2 is 2.00 bits per heavy atom. The maximum absolute atomic E-state index is 12.4. The Kier molecular flexibility index (Phi) is 4.57. The maximum atomic E-state index is 12.4. The summed E-state index contributed by atoms with van der Waals surface area (Å²) in [7, 11) is 1.48. The van der Waals surface area contributed by atoms with Gasteiger partial charge in [-0.15, -0.1) is 11.3 Å². The fourth-order valence-electron chi connectivity index (χ4n) is 2.24. The van der Waals surface area contributed by atoms with E-state index in [1.807, 2.05) is 0 Å². The zero-order valence-corrected chi connectivity index (χ0v) is 14.3. The van der Waals surface area contributed by atoms with Gasteiger partial charge in [-0.05, 0) is 6.07 Å². The number of carbonyl (C=O) groups is 2. The van der Waals surface area contributed by atoms with Crippen molar-refractivity contribution in [2.24, 2.45) is 7.05 Å². The standard InChI is InChI=1S/C16H14N4O4S/c1-9(21)17-16-18-10(8-25-16)7-24-15(23)13-11-5-3-4-6-12(11)14(22)20(2)19-13/h3-6,8H,7H2,1-2H3,(H,17,18,21). The van der Waals surface area contributed by atoms with Crippen LogP contribution in [0.3, 0.4) is 0 Å². The number of nitrogens with one attached hydrogen (secondary N) is 1. The van der Waals surface area contributed by atoms with Gasteiger partial charge in [-0.1, -0.05) is 18.2 Å². The van der Waals surface area contributed by atoms with E-state index in [1.54, 1.807) is 29.6 Å². The molecule has 0 aliphatic rings. The first-order valence-electron chi connectivity index (χ1n) is 7.31. The van der Waals surface area contributed by atoms with Gasteiger partial charge in [0.15, 0.2) is 10.8 Å². The molecule has 2 aromatic heterocycles. The Morgan fingerprint density at radius 1 is 1.28 bits per heavy atom. The van der Waals surface area contributed by atoms with E-state index in [0.717, 1.165) is 4.68 Å². The molecule has 8 nitrogen and oxygen atoms in total. The number of nitrogens with zero attached hydrogens (tertiary/aromatic N) is 3. The monoisotopic (exact) mass is 358 g/mol. The zero-order valence-electron chi connectivity index (χ0n) is 13.5. The zero-order chi connectivity index (χ0) is 18.0. The number of aryl methyl sites for hydroxylation is 1. The van der Waals surface area contributed by atoms with Gasteiger partial charge < -0.3 is 10.1 Å². The van der Waals surface area contributed by atoms with Crippen LogP contribution in [0.1, 0.15) is 23.1 Å². The van der Waals surface area contributed by atoms with E-state index in [-0.39, 0.29) is 23.8 Å². The maximum Gasteiger partial charge on any atom is 0.359 e. The van der Waals surface area contributed by atoms with Gasteiger partial charge >= 0.3 is 5.97 Å². The summed E-state index contributed by atoms with van der Waals surface area (Å²) in [5.41, 5.74) is 0.290. The van der Waals surface area contributed by atoms with Crippen LogP contribution >= 0.6 is 11.3 Å². The molecule has 0 saturated carbocycles. The molecule has 0 atom stereocenters. The Balaban J connectivity index is 1.81. The molecule has 25 heavy (non-hydrogen) atoms. The molecular weight excluding hydrogens is 344 g/mol. The Labute approximate surface area is 146 Å². The summed E-state index contributed by atoms with van der Waals surface area (Å²) in [5, 5.41) is 9.53. The first kappa shape index (κ1) is 16.8. The van der Waals surface area contributed by atoms with Crippen LogP contribution < -0.4 is 10.9 Å². The second-order valence-corrected chi connectivity index (χ2v) is 6.08. The van der Waals surface area contributed by atoms with E-state index in [4.69, 9.17) is 4.74 Å². The van der Waals surface area contributed by atoms with Crippen LogP contribution in [0.25, 0.3) is 10.8 Å². The van der Waals surface area contributed by atoms with Gasteiger partial charge in [-0.3, -0.25) is 9.59 Å². The Morgan fingerprint density at radius 3 is 2.72 bits per heavy atom. The summed E-state index contributed by atoms with van der Waals surface area (Å²) < 4.78 is 6.36. The van der Waals surface area contributed by atoms with E-state index < -0.39 is 5.97 Å². The molecule has 2 heterocycles. The SMILES string of the molecule is CC(=O)Nc1nc(COC(=O)c2nn(C)c(=O)c3ccccc23)cs1. The molecule has 3 rings (SSSR count). The summed E-state index contributed by atoms with van der Waals surface area (Å²) in [6.07, 6.45) is 0. The van der Waals surface area contributed by atoms with Gasteiger partial charge in [-0.25, -0.2) is 14.5 Å². The number of hydrogen-bond acceptors (Lipinski definition) is 7. The van der Waals surface area contributed by atoms with Crippen molar-refractivity contribution in [2.75, 3.05) is 5.32 Å². The number of benzene rings is 1. The van der Waals surface area contributed by atoms with Crippen LogP contribution in [0.15, 0.2) is 34.4 Å². The predicted molar refractivity (Wildman–Crippen MR) is 92.5 cm³/mol.